The van der Waals surface area contributed by atoms with Crippen molar-refractivity contribution >= 4 is 5.91 Å². The maximum atomic E-state index is 12.4. The molecule has 1 amide bonds. The first-order valence-corrected chi connectivity index (χ1v) is 7.46. The smallest absolute Gasteiger partial charge is 0.246 e. The maximum Gasteiger partial charge on any atom is 0.246 e. The molecule has 20 heavy (non-hydrogen) atoms. The van der Waals surface area contributed by atoms with Crippen LogP contribution >= 0.6 is 0 Å². The molecule has 108 valence electrons. The Morgan fingerprint density at radius 3 is 2.90 bits per heavy atom. The predicted molar refractivity (Wildman–Crippen MR) is 68.8 cm³/mol. The minimum Gasteiger partial charge on any atom is -0.377 e. The summed E-state index contributed by atoms with van der Waals surface area (Å²) in [6.07, 6.45) is 4.72. The molecule has 0 N–H and O–H groups in total. The molecule has 2 saturated carbocycles. The number of carbonyl (C=O) groups is 1. The lowest BCUT2D eigenvalue weighted by Gasteiger charge is -2.35. The summed E-state index contributed by atoms with van der Waals surface area (Å²) in [6, 6.07) is 0.252. The molecule has 1 atom stereocenters. The average Bonchev–Trinajstić information content (AvgIpc) is 3.38. The Labute approximate surface area is 117 Å². The van der Waals surface area contributed by atoms with Gasteiger partial charge in [-0.15, -0.1) is 10.2 Å². The van der Waals surface area contributed by atoms with Gasteiger partial charge in [-0.05, 0) is 36.8 Å². The zero-order chi connectivity index (χ0) is 13.5. The van der Waals surface area contributed by atoms with Gasteiger partial charge < -0.3 is 9.64 Å². The second-order valence-electron chi connectivity index (χ2n) is 6.02. The molecule has 2 heterocycles. The number of hydrogen-bond donors (Lipinski definition) is 0. The van der Waals surface area contributed by atoms with E-state index in [1.807, 2.05) is 4.90 Å². The van der Waals surface area contributed by atoms with E-state index >= 15 is 0 Å². The number of hydrogen-bond acceptors (Lipinski definition) is 5. The van der Waals surface area contributed by atoms with Crippen LogP contribution in [0.5, 0.6) is 0 Å². The number of aromatic nitrogens is 4. The van der Waals surface area contributed by atoms with Gasteiger partial charge in [-0.2, -0.15) is 4.80 Å². The van der Waals surface area contributed by atoms with E-state index in [1.165, 1.54) is 17.6 Å². The van der Waals surface area contributed by atoms with Crippen LogP contribution in [0.1, 0.15) is 37.4 Å². The SMILES string of the molecule is O=C(Cn1nnc(C2CC2)n1)N1CCOCC1C1CC1. The Morgan fingerprint density at radius 2 is 2.15 bits per heavy atom. The highest BCUT2D eigenvalue weighted by Gasteiger charge is 2.39. The average molecular weight is 277 g/mol. The summed E-state index contributed by atoms with van der Waals surface area (Å²) in [5.74, 6) is 1.98. The van der Waals surface area contributed by atoms with Crippen molar-refractivity contribution in [1.82, 2.24) is 25.1 Å². The first-order valence-electron chi connectivity index (χ1n) is 7.46. The summed E-state index contributed by atoms with van der Waals surface area (Å²) >= 11 is 0. The van der Waals surface area contributed by atoms with Crippen LogP contribution in [0.4, 0.5) is 0 Å². The van der Waals surface area contributed by atoms with Gasteiger partial charge in [0.15, 0.2) is 5.82 Å². The van der Waals surface area contributed by atoms with E-state index in [2.05, 4.69) is 15.4 Å². The Hall–Kier alpha value is -1.50. The van der Waals surface area contributed by atoms with Gasteiger partial charge in [-0.3, -0.25) is 4.79 Å². The fourth-order valence-corrected chi connectivity index (χ4v) is 2.84. The van der Waals surface area contributed by atoms with Crippen molar-refractivity contribution in [2.45, 2.75) is 44.2 Å². The standard InChI is InChI=1S/C13H19N5O2/c19-12(7-18-15-13(14-16-18)10-3-4-10)17-5-6-20-8-11(17)9-1-2-9/h9-11H,1-8H2. The molecule has 0 radical (unpaired) electrons. The summed E-state index contributed by atoms with van der Waals surface area (Å²) < 4.78 is 5.51. The lowest BCUT2D eigenvalue weighted by molar-refractivity contribution is -0.141. The van der Waals surface area contributed by atoms with Crippen molar-refractivity contribution in [3.8, 4) is 0 Å². The maximum absolute atomic E-state index is 12.4. The highest BCUT2D eigenvalue weighted by atomic mass is 16.5. The molecular formula is C13H19N5O2. The topological polar surface area (TPSA) is 73.1 Å². The first-order chi connectivity index (χ1) is 9.81. The number of morpholine rings is 1. The fraction of sp³-hybridized carbons (Fsp3) is 0.846. The molecule has 0 aromatic carbocycles. The van der Waals surface area contributed by atoms with Crippen molar-refractivity contribution in [3.63, 3.8) is 0 Å². The Bertz CT molecular complexity index is 509. The van der Waals surface area contributed by atoms with E-state index in [4.69, 9.17) is 4.74 Å². The zero-order valence-corrected chi connectivity index (χ0v) is 11.4. The molecule has 4 rings (SSSR count). The molecule has 1 aromatic rings. The number of ether oxygens (including phenoxy) is 1. The summed E-state index contributed by atoms with van der Waals surface area (Å²) in [6.45, 7) is 2.19. The van der Waals surface area contributed by atoms with Crippen LogP contribution in [0.2, 0.25) is 0 Å². The van der Waals surface area contributed by atoms with Gasteiger partial charge in [-0.25, -0.2) is 0 Å². The van der Waals surface area contributed by atoms with Crippen molar-refractivity contribution in [2.75, 3.05) is 19.8 Å². The van der Waals surface area contributed by atoms with Gasteiger partial charge in [0.25, 0.3) is 0 Å². The molecule has 2 aliphatic carbocycles. The Morgan fingerprint density at radius 1 is 1.30 bits per heavy atom. The van der Waals surface area contributed by atoms with E-state index in [9.17, 15) is 4.79 Å². The highest BCUT2D eigenvalue weighted by molar-refractivity contribution is 5.76. The van der Waals surface area contributed by atoms with Crippen molar-refractivity contribution in [1.29, 1.82) is 0 Å². The van der Waals surface area contributed by atoms with E-state index in [-0.39, 0.29) is 18.5 Å². The molecule has 0 bridgehead atoms. The molecule has 3 aliphatic rings. The quantitative estimate of drug-likeness (QED) is 0.785. The van der Waals surface area contributed by atoms with Crippen molar-refractivity contribution < 1.29 is 9.53 Å². The van der Waals surface area contributed by atoms with Crippen LogP contribution < -0.4 is 0 Å². The summed E-state index contributed by atoms with van der Waals surface area (Å²) in [4.78, 5) is 15.8. The molecule has 0 spiro atoms. The van der Waals surface area contributed by atoms with Gasteiger partial charge in [0.1, 0.15) is 6.54 Å². The van der Waals surface area contributed by atoms with E-state index in [1.54, 1.807) is 0 Å². The van der Waals surface area contributed by atoms with Crippen molar-refractivity contribution in [3.05, 3.63) is 5.82 Å². The number of tetrazole rings is 1. The molecular weight excluding hydrogens is 258 g/mol. The number of nitrogens with zero attached hydrogens (tertiary/aromatic N) is 5. The lowest BCUT2D eigenvalue weighted by Crippen LogP contribution is -2.51. The second kappa shape index (κ2) is 4.80. The second-order valence-corrected chi connectivity index (χ2v) is 6.02. The lowest BCUT2D eigenvalue weighted by atomic mass is 10.1. The van der Waals surface area contributed by atoms with Gasteiger partial charge in [0.2, 0.25) is 5.91 Å². The summed E-state index contributed by atoms with van der Waals surface area (Å²) in [5, 5.41) is 12.3. The third-order valence-electron chi connectivity index (χ3n) is 4.34. The van der Waals surface area contributed by atoms with Gasteiger partial charge >= 0.3 is 0 Å². The zero-order valence-electron chi connectivity index (χ0n) is 11.4. The van der Waals surface area contributed by atoms with Crippen LogP contribution in [0.3, 0.4) is 0 Å². The number of amides is 1. The van der Waals surface area contributed by atoms with Crippen LogP contribution in [-0.2, 0) is 16.1 Å². The van der Waals surface area contributed by atoms with Crippen LogP contribution in [0.15, 0.2) is 0 Å². The predicted octanol–water partition coefficient (Wildman–Crippen LogP) is 0.188. The molecule has 3 fully saturated rings. The van der Waals surface area contributed by atoms with E-state index < -0.39 is 0 Å². The molecule has 1 unspecified atom stereocenters. The monoisotopic (exact) mass is 277 g/mol. The number of rotatable bonds is 4. The summed E-state index contributed by atoms with van der Waals surface area (Å²) in [7, 11) is 0. The van der Waals surface area contributed by atoms with Crippen molar-refractivity contribution in [2.24, 2.45) is 5.92 Å². The Kier molecular flexibility index (Phi) is 2.94. The van der Waals surface area contributed by atoms with E-state index in [0.717, 1.165) is 18.7 Å². The first kappa shape index (κ1) is 12.3. The fourth-order valence-electron chi connectivity index (χ4n) is 2.84. The van der Waals surface area contributed by atoms with Gasteiger partial charge in [0, 0.05) is 12.5 Å². The third kappa shape index (κ3) is 2.42. The van der Waals surface area contributed by atoms with Gasteiger partial charge in [-0.1, -0.05) is 0 Å². The summed E-state index contributed by atoms with van der Waals surface area (Å²) in [5.41, 5.74) is 0. The minimum atomic E-state index is 0.0879. The third-order valence-corrected chi connectivity index (χ3v) is 4.34. The van der Waals surface area contributed by atoms with Crippen LogP contribution in [0.25, 0.3) is 0 Å². The minimum absolute atomic E-state index is 0.0879. The molecule has 1 saturated heterocycles. The van der Waals surface area contributed by atoms with Gasteiger partial charge in [0.05, 0.1) is 19.3 Å². The molecule has 7 heteroatoms. The van der Waals surface area contributed by atoms with E-state index in [0.29, 0.717) is 31.6 Å². The highest BCUT2D eigenvalue weighted by Crippen LogP contribution is 2.38. The Balaban J connectivity index is 1.42. The van der Waals surface area contributed by atoms with Crippen LogP contribution in [-0.4, -0.2) is 56.8 Å². The largest absolute Gasteiger partial charge is 0.377 e. The molecule has 7 nitrogen and oxygen atoms in total. The molecule has 1 aliphatic heterocycles. The number of carbonyl (C=O) groups excluding carboxylic acids is 1. The molecule has 1 aromatic heterocycles. The normalized spacial score (nSPS) is 26.8. The van der Waals surface area contributed by atoms with Crippen LogP contribution in [0, 0.1) is 5.92 Å².